The zero-order chi connectivity index (χ0) is 29.3. The molecule has 0 saturated carbocycles. The molecule has 0 spiro atoms. The molecule has 208 valence electrons. The van der Waals surface area contributed by atoms with Crippen LogP contribution in [0.25, 0.3) is 38.7 Å². The Morgan fingerprint density at radius 2 is 1.38 bits per heavy atom. The van der Waals surface area contributed by atoms with Crippen LogP contribution >= 0.6 is 0 Å². The first-order chi connectivity index (χ1) is 20.5. The highest BCUT2D eigenvalue weighted by Crippen LogP contribution is 2.53. The predicted molar refractivity (Wildman–Crippen MR) is 184 cm³/mol. The van der Waals surface area contributed by atoms with Crippen LogP contribution in [0.5, 0.6) is 0 Å². The molecule has 0 saturated heterocycles. The van der Waals surface area contributed by atoms with Gasteiger partial charge in [0.05, 0.1) is 0 Å². The van der Waals surface area contributed by atoms with E-state index >= 15 is 0 Å². The summed E-state index contributed by atoms with van der Waals surface area (Å²) in [4.78, 5) is 0. The molecule has 42 heavy (non-hydrogen) atoms. The number of hydrogen-bond donors (Lipinski definition) is 0. The molecule has 5 aromatic carbocycles. The fourth-order valence-electron chi connectivity index (χ4n) is 7.00. The number of rotatable bonds is 0. The van der Waals surface area contributed by atoms with E-state index in [9.17, 15) is 0 Å². The van der Waals surface area contributed by atoms with Crippen molar-refractivity contribution in [3.05, 3.63) is 161 Å². The minimum Gasteiger partial charge on any atom is -0.0801 e. The molecule has 0 aliphatic heterocycles. The Morgan fingerprint density at radius 1 is 0.643 bits per heavy atom. The minimum atomic E-state index is 0.0739. The standard InChI is InChI=1S/C20H18.C20H16.C2H6/c1-14-10-11-17-15-7-3-4-8-16(15)18-9-5-6-12-20(18,2)19(17)13-14;1-14-11-12-19-17-8-4-2-3-7-15(17)16-9-5-6-10-18(16)20(19)13-14;1-2/h3-13,18H,1-2H3;2-6,8-13H,7H2,1H3;1-2H3. The van der Waals surface area contributed by atoms with Gasteiger partial charge in [0.1, 0.15) is 0 Å². The summed E-state index contributed by atoms with van der Waals surface area (Å²) in [5, 5.41) is 5.49. The van der Waals surface area contributed by atoms with Crippen molar-refractivity contribution in [1.29, 1.82) is 0 Å². The monoisotopic (exact) mass is 544 g/mol. The van der Waals surface area contributed by atoms with Gasteiger partial charge in [-0.15, -0.1) is 0 Å². The molecule has 0 nitrogen and oxygen atoms in total. The van der Waals surface area contributed by atoms with Gasteiger partial charge in [-0.1, -0.05) is 165 Å². The average Bonchev–Trinajstić information content (AvgIpc) is 3.29. The molecule has 8 rings (SSSR count). The maximum Gasteiger partial charge on any atom is 0.0216 e. The average molecular weight is 545 g/mol. The fraction of sp³-hybridized carbons (Fsp3) is 0.190. The van der Waals surface area contributed by atoms with E-state index in [1.807, 2.05) is 13.8 Å². The summed E-state index contributed by atoms with van der Waals surface area (Å²) >= 11 is 0. The van der Waals surface area contributed by atoms with E-state index in [0.717, 1.165) is 6.42 Å². The maximum absolute atomic E-state index is 2.37. The van der Waals surface area contributed by atoms with Crippen molar-refractivity contribution in [2.24, 2.45) is 0 Å². The number of hydrogen-bond acceptors (Lipinski definition) is 0. The van der Waals surface area contributed by atoms with Crippen molar-refractivity contribution in [2.75, 3.05) is 0 Å². The Balaban J connectivity index is 0.000000142. The molecule has 3 aliphatic carbocycles. The van der Waals surface area contributed by atoms with Crippen molar-refractivity contribution in [3.8, 4) is 11.1 Å². The lowest BCUT2D eigenvalue weighted by Gasteiger charge is -2.42. The molecule has 0 fully saturated rings. The second kappa shape index (κ2) is 11.5. The Bertz CT molecular complexity index is 1910. The summed E-state index contributed by atoms with van der Waals surface area (Å²) in [6, 6.07) is 31.3. The third-order valence-corrected chi connectivity index (χ3v) is 9.01. The van der Waals surface area contributed by atoms with Gasteiger partial charge in [0.15, 0.2) is 0 Å². The van der Waals surface area contributed by atoms with Gasteiger partial charge < -0.3 is 0 Å². The van der Waals surface area contributed by atoms with Crippen molar-refractivity contribution < 1.29 is 0 Å². The summed E-state index contributed by atoms with van der Waals surface area (Å²) < 4.78 is 0. The van der Waals surface area contributed by atoms with E-state index in [2.05, 4.69) is 154 Å². The van der Waals surface area contributed by atoms with Crippen LogP contribution < -0.4 is 0 Å². The molecule has 0 aromatic heterocycles. The van der Waals surface area contributed by atoms with Crippen LogP contribution in [-0.2, 0) is 11.8 Å². The largest absolute Gasteiger partial charge is 0.0801 e. The van der Waals surface area contributed by atoms with E-state index < -0.39 is 0 Å². The first-order valence-corrected chi connectivity index (χ1v) is 15.4. The van der Waals surface area contributed by atoms with Gasteiger partial charge in [0.2, 0.25) is 0 Å². The molecule has 0 amide bonds. The highest BCUT2D eigenvalue weighted by Gasteiger charge is 2.40. The molecule has 0 heteroatoms. The second-order valence-electron chi connectivity index (χ2n) is 11.6. The normalized spacial score (nSPS) is 18.9. The predicted octanol–water partition coefficient (Wildman–Crippen LogP) is 11.6. The highest BCUT2D eigenvalue weighted by molar-refractivity contribution is 6.13. The van der Waals surface area contributed by atoms with Gasteiger partial charge in [-0.05, 0) is 75.2 Å². The Hall–Kier alpha value is -4.42. The van der Waals surface area contributed by atoms with E-state index in [1.165, 1.54) is 66.1 Å². The van der Waals surface area contributed by atoms with Crippen LogP contribution in [0.3, 0.4) is 0 Å². The second-order valence-corrected chi connectivity index (χ2v) is 11.6. The molecule has 3 aliphatic rings. The Labute approximate surface area is 251 Å². The third-order valence-electron chi connectivity index (χ3n) is 9.01. The highest BCUT2D eigenvalue weighted by atomic mass is 14.4. The maximum atomic E-state index is 2.37. The summed E-state index contributed by atoms with van der Waals surface area (Å²) in [5.41, 5.74) is 11.3. The summed E-state index contributed by atoms with van der Waals surface area (Å²) in [6.45, 7) is 10.7. The number of benzene rings is 5. The van der Waals surface area contributed by atoms with Crippen LogP contribution in [0.1, 0.15) is 60.1 Å². The molecular weight excluding hydrogens is 504 g/mol. The molecule has 0 bridgehead atoms. The fourth-order valence-corrected chi connectivity index (χ4v) is 7.00. The Kier molecular flexibility index (Phi) is 7.56. The number of fused-ring (bicyclic) bond motifs is 12. The van der Waals surface area contributed by atoms with E-state index in [4.69, 9.17) is 0 Å². The molecule has 2 atom stereocenters. The lowest BCUT2D eigenvalue weighted by molar-refractivity contribution is 0.518. The smallest absolute Gasteiger partial charge is 0.0216 e. The van der Waals surface area contributed by atoms with Crippen molar-refractivity contribution in [2.45, 2.75) is 52.4 Å². The zero-order valence-electron chi connectivity index (χ0n) is 25.5. The quantitative estimate of drug-likeness (QED) is 0.170. The molecule has 2 unspecified atom stereocenters. The minimum absolute atomic E-state index is 0.0739. The van der Waals surface area contributed by atoms with Gasteiger partial charge >= 0.3 is 0 Å². The van der Waals surface area contributed by atoms with Crippen molar-refractivity contribution in [1.82, 2.24) is 0 Å². The zero-order valence-corrected chi connectivity index (χ0v) is 25.5. The molecule has 0 N–H and O–H groups in total. The first-order valence-electron chi connectivity index (χ1n) is 15.4. The SMILES string of the molecule is CC.Cc1ccc2c(c1)C1(C)C=CC=CC1c1ccccc1-2.Cc1ccc2c3c(c4ccccc4c2c1)CC=CC=C3. The van der Waals surface area contributed by atoms with E-state index in [0.29, 0.717) is 5.92 Å². The molecule has 5 aromatic rings. The number of allylic oxidation sites excluding steroid dienone is 7. The van der Waals surface area contributed by atoms with Crippen molar-refractivity contribution in [3.63, 3.8) is 0 Å². The van der Waals surface area contributed by atoms with E-state index in [1.54, 1.807) is 0 Å². The van der Waals surface area contributed by atoms with Crippen molar-refractivity contribution >= 4 is 27.6 Å². The van der Waals surface area contributed by atoms with Gasteiger partial charge in [-0.25, -0.2) is 0 Å². The summed E-state index contributed by atoms with van der Waals surface area (Å²) in [6.07, 6.45) is 18.9. The van der Waals surface area contributed by atoms with Gasteiger partial charge in [0.25, 0.3) is 0 Å². The molecule has 0 radical (unpaired) electrons. The number of aryl methyl sites for hydroxylation is 2. The van der Waals surface area contributed by atoms with Crippen LogP contribution in [-0.4, -0.2) is 0 Å². The Morgan fingerprint density at radius 3 is 2.24 bits per heavy atom. The lowest BCUT2D eigenvalue weighted by atomic mass is 9.60. The van der Waals surface area contributed by atoms with Crippen LogP contribution in [0, 0.1) is 13.8 Å². The lowest BCUT2D eigenvalue weighted by Crippen LogP contribution is -2.32. The summed E-state index contributed by atoms with van der Waals surface area (Å²) in [5.74, 6) is 0.443. The molecule has 0 heterocycles. The third kappa shape index (κ3) is 4.66. The first kappa shape index (κ1) is 27.7. The van der Waals surface area contributed by atoms with E-state index in [-0.39, 0.29) is 5.41 Å². The van der Waals surface area contributed by atoms with Gasteiger partial charge in [-0.2, -0.15) is 0 Å². The van der Waals surface area contributed by atoms with Gasteiger partial charge in [-0.3, -0.25) is 0 Å². The van der Waals surface area contributed by atoms with Crippen LogP contribution in [0.4, 0.5) is 0 Å². The summed E-state index contributed by atoms with van der Waals surface area (Å²) in [7, 11) is 0. The van der Waals surface area contributed by atoms with Crippen LogP contribution in [0.15, 0.2) is 127 Å². The molecular formula is C42H40. The van der Waals surface area contributed by atoms with Gasteiger partial charge in [0, 0.05) is 11.3 Å². The topological polar surface area (TPSA) is 0 Å². The van der Waals surface area contributed by atoms with Crippen LogP contribution in [0.2, 0.25) is 0 Å².